The SMILES string of the molecule is CCC(CC)/C(O)=C/C(=O)C(C)(CC)CC.Cc1[c-]c(-c2nccc3cc(C(C)C)ccc23)cc(C)c1.Cc1[c-]c(-c2nccc3cc([Si](C)(C)c4ccccc4)ccc23)cc(C)c1.[Ir]. The molecule has 7 rings (SSSR count). The van der Waals surface area contributed by atoms with Gasteiger partial charge in [-0.25, -0.2) is 0 Å². The number of pyridine rings is 2. The van der Waals surface area contributed by atoms with Gasteiger partial charge in [0.1, 0.15) is 8.07 Å². The second kappa shape index (κ2) is 23.4. The summed E-state index contributed by atoms with van der Waals surface area (Å²) in [6, 6.07) is 44.2. The number of allylic oxidation sites excluding steroid dienone is 2. The largest absolute Gasteiger partial charge is 0.512 e. The molecule has 0 unspecified atom stereocenters. The van der Waals surface area contributed by atoms with Gasteiger partial charge in [-0.05, 0) is 82.2 Å². The number of aryl methyl sites for hydroxylation is 4. The Morgan fingerprint density at radius 1 is 0.677 bits per heavy atom. The summed E-state index contributed by atoms with van der Waals surface area (Å²) >= 11 is 0. The Balaban J connectivity index is 0.000000220. The molecule has 0 fully saturated rings. The predicted molar refractivity (Wildman–Crippen MR) is 277 cm³/mol. The van der Waals surface area contributed by atoms with Gasteiger partial charge in [-0.3, -0.25) is 4.79 Å². The summed E-state index contributed by atoms with van der Waals surface area (Å²) in [4.78, 5) is 21.3. The van der Waals surface area contributed by atoms with E-state index < -0.39 is 8.07 Å². The third-order valence-electron chi connectivity index (χ3n) is 13.1. The Morgan fingerprint density at radius 3 is 1.63 bits per heavy atom. The minimum Gasteiger partial charge on any atom is -0.512 e. The van der Waals surface area contributed by atoms with E-state index in [1.54, 1.807) is 0 Å². The minimum atomic E-state index is -1.72. The molecule has 0 spiro atoms. The van der Waals surface area contributed by atoms with Crippen molar-refractivity contribution in [2.45, 2.75) is 121 Å². The molecule has 2 heterocycles. The van der Waals surface area contributed by atoms with Crippen LogP contribution in [0.15, 0.2) is 127 Å². The molecule has 2 aromatic heterocycles. The molecule has 4 nitrogen and oxygen atoms in total. The van der Waals surface area contributed by atoms with E-state index in [4.69, 9.17) is 0 Å². The van der Waals surface area contributed by atoms with E-state index in [-0.39, 0.29) is 43.0 Å². The van der Waals surface area contributed by atoms with Crippen LogP contribution in [0.2, 0.25) is 13.1 Å². The summed E-state index contributed by atoms with van der Waals surface area (Å²) in [7, 11) is -1.72. The van der Waals surface area contributed by atoms with Crippen molar-refractivity contribution in [3.8, 4) is 22.5 Å². The number of rotatable bonds is 12. The Bertz CT molecular complexity index is 2670. The van der Waals surface area contributed by atoms with Gasteiger partial charge in [0.15, 0.2) is 5.78 Å². The maximum atomic E-state index is 12.0. The Morgan fingerprint density at radius 2 is 1.17 bits per heavy atom. The monoisotopic (exact) mass is 1060 g/mol. The zero-order chi connectivity index (χ0) is 46.8. The molecular formula is C59H70IrN2O2Si-2. The normalized spacial score (nSPS) is 11.8. The maximum Gasteiger partial charge on any atom is 0.164 e. The molecule has 5 aromatic carbocycles. The van der Waals surface area contributed by atoms with Crippen molar-refractivity contribution in [1.82, 2.24) is 9.97 Å². The van der Waals surface area contributed by atoms with Crippen LogP contribution >= 0.6 is 0 Å². The number of hydrogen-bond acceptors (Lipinski definition) is 4. The summed E-state index contributed by atoms with van der Waals surface area (Å²) in [5, 5.41) is 17.7. The number of nitrogens with zero attached hydrogens (tertiary/aromatic N) is 2. The summed E-state index contributed by atoms with van der Waals surface area (Å²) in [6.45, 7) is 27.8. The van der Waals surface area contributed by atoms with Crippen molar-refractivity contribution in [1.29, 1.82) is 0 Å². The molecule has 65 heavy (non-hydrogen) atoms. The fourth-order valence-electron chi connectivity index (χ4n) is 8.35. The van der Waals surface area contributed by atoms with Gasteiger partial charge in [-0.2, -0.15) is 0 Å². The number of benzene rings is 5. The molecule has 6 heteroatoms. The topological polar surface area (TPSA) is 63.1 Å². The van der Waals surface area contributed by atoms with Crippen molar-refractivity contribution in [2.24, 2.45) is 11.3 Å². The van der Waals surface area contributed by atoms with Crippen molar-refractivity contribution in [3.63, 3.8) is 0 Å². The number of aliphatic hydroxyl groups excluding tert-OH is 1. The zero-order valence-corrected chi connectivity index (χ0v) is 44.5. The van der Waals surface area contributed by atoms with E-state index in [0.717, 1.165) is 59.3 Å². The first-order chi connectivity index (χ1) is 30.4. The maximum absolute atomic E-state index is 12.0. The van der Waals surface area contributed by atoms with Crippen LogP contribution in [0.5, 0.6) is 0 Å². The van der Waals surface area contributed by atoms with Gasteiger partial charge in [0.05, 0.1) is 5.76 Å². The summed E-state index contributed by atoms with van der Waals surface area (Å²) < 4.78 is 0. The van der Waals surface area contributed by atoms with Crippen LogP contribution in [0.3, 0.4) is 0 Å². The van der Waals surface area contributed by atoms with Crippen molar-refractivity contribution in [2.75, 3.05) is 0 Å². The van der Waals surface area contributed by atoms with E-state index in [9.17, 15) is 9.90 Å². The van der Waals surface area contributed by atoms with Crippen LogP contribution in [0.4, 0.5) is 0 Å². The van der Waals surface area contributed by atoms with Crippen LogP contribution in [-0.2, 0) is 24.9 Å². The molecule has 7 aromatic rings. The Kier molecular flexibility index (Phi) is 19.0. The number of carbonyl (C=O) groups excluding carboxylic acids is 1. The molecule has 0 aliphatic carbocycles. The van der Waals surface area contributed by atoms with E-state index >= 15 is 0 Å². The number of carbonyl (C=O) groups is 1. The molecule has 343 valence electrons. The van der Waals surface area contributed by atoms with Crippen LogP contribution in [0, 0.1) is 51.2 Å². The third kappa shape index (κ3) is 13.1. The standard InChI is InChI=1S/C25H24NSi.C20H20N.C14H26O2.Ir/c1-18-14-19(2)16-21(15-18)25-24-11-10-23(17-20(24)12-13-26-25)27(3,4)22-8-6-5-7-9-22;1-13(2)16-5-6-19-17(12-16)7-8-21-20(19)18-10-14(3)9-15(4)11-18;1-6-11(7-2)12(15)10-13(16)14(5,8-3)9-4;/h5-15,17H,1-4H3;5-10,12-13H,1-4H3;10-11,15H,6-9H2,1-5H3;/q2*-1;;/b;;12-10-;. The number of hydrogen-bond donors (Lipinski definition) is 1. The van der Waals surface area contributed by atoms with Crippen molar-refractivity contribution < 1.29 is 30.0 Å². The Hall–Kier alpha value is -5.00. The van der Waals surface area contributed by atoms with Gasteiger partial charge < -0.3 is 15.1 Å². The van der Waals surface area contributed by atoms with E-state index in [2.05, 4.69) is 180 Å². The van der Waals surface area contributed by atoms with Gasteiger partial charge >= 0.3 is 0 Å². The zero-order valence-electron chi connectivity index (χ0n) is 41.1. The average Bonchev–Trinajstić information content (AvgIpc) is 3.28. The first-order valence-corrected chi connectivity index (χ1v) is 26.2. The number of fused-ring (bicyclic) bond motifs is 2. The van der Waals surface area contributed by atoms with E-state index in [1.165, 1.54) is 54.7 Å². The van der Waals surface area contributed by atoms with Crippen LogP contribution in [0.1, 0.15) is 108 Å². The van der Waals surface area contributed by atoms with Gasteiger partial charge in [0.25, 0.3) is 0 Å². The smallest absolute Gasteiger partial charge is 0.164 e. The second-order valence-corrected chi connectivity index (χ2v) is 23.0. The summed E-state index contributed by atoms with van der Waals surface area (Å²) in [6.07, 6.45) is 8.65. The predicted octanol–water partition coefficient (Wildman–Crippen LogP) is 14.8. The van der Waals surface area contributed by atoms with Crippen molar-refractivity contribution >= 4 is 45.8 Å². The number of aromatic nitrogens is 2. The molecule has 0 amide bonds. The Labute approximate surface area is 405 Å². The summed E-state index contributed by atoms with van der Waals surface area (Å²) in [5.41, 5.74) is 10.0. The van der Waals surface area contributed by atoms with Crippen LogP contribution in [0.25, 0.3) is 44.1 Å². The minimum absolute atomic E-state index is 0. The molecule has 1 radical (unpaired) electrons. The average molecular weight is 1060 g/mol. The molecule has 0 saturated carbocycles. The number of aliphatic hydroxyl groups is 1. The first kappa shape index (κ1) is 52.6. The fourth-order valence-corrected chi connectivity index (χ4v) is 10.7. The quantitative estimate of drug-likeness (QED) is 0.0573. The molecule has 0 aliphatic rings. The molecule has 0 saturated heterocycles. The molecule has 1 N–H and O–H groups in total. The van der Waals surface area contributed by atoms with Crippen molar-refractivity contribution in [3.05, 3.63) is 167 Å². The number of ketones is 1. The fraction of sp³-hybridized carbons (Fsp3) is 0.339. The van der Waals surface area contributed by atoms with Crippen LogP contribution < -0.4 is 10.4 Å². The van der Waals surface area contributed by atoms with E-state index in [1.807, 2.05) is 47.0 Å². The van der Waals surface area contributed by atoms with E-state index in [0.29, 0.717) is 5.92 Å². The van der Waals surface area contributed by atoms with Gasteiger partial charge in [0.2, 0.25) is 0 Å². The second-order valence-electron chi connectivity index (χ2n) is 18.6. The van der Waals surface area contributed by atoms with Gasteiger partial charge in [-0.1, -0.05) is 166 Å². The molecular weight excluding hydrogens is 989 g/mol. The van der Waals surface area contributed by atoms with Crippen LogP contribution in [-0.4, -0.2) is 28.9 Å². The first-order valence-electron chi connectivity index (χ1n) is 23.2. The summed E-state index contributed by atoms with van der Waals surface area (Å²) in [5.74, 6) is 0.978. The van der Waals surface area contributed by atoms with Gasteiger partial charge in [0, 0.05) is 49.9 Å². The van der Waals surface area contributed by atoms with Gasteiger partial charge in [-0.15, -0.1) is 69.8 Å². The molecule has 0 aliphatic heterocycles. The molecule has 0 atom stereocenters. The third-order valence-corrected chi connectivity index (χ3v) is 16.6. The molecule has 0 bridgehead atoms.